The van der Waals surface area contributed by atoms with Crippen molar-refractivity contribution in [3.05, 3.63) is 30.1 Å². The molecule has 1 unspecified atom stereocenters. The molecule has 0 aliphatic carbocycles. The Morgan fingerprint density at radius 1 is 1.53 bits per heavy atom. The van der Waals surface area contributed by atoms with Crippen LogP contribution in [-0.4, -0.2) is 49.3 Å². The molecule has 0 amide bonds. The van der Waals surface area contributed by atoms with Gasteiger partial charge < -0.3 is 15.0 Å². The van der Waals surface area contributed by atoms with Gasteiger partial charge in [-0.05, 0) is 32.1 Å². The summed E-state index contributed by atoms with van der Waals surface area (Å²) in [6, 6.07) is 6.56. The first kappa shape index (κ1) is 12.5. The minimum atomic E-state index is 0.509. The van der Waals surface area contributed by atoms with Crippen molar-refractivity contribution in [2.75, 3.05) is 33.4 Å². The molecule has 1 aliphatic rings. The summed E-state index contributed by atoms with van der Waals surface area (Å²) < 4.78 is 5.44. The molecule has 0 aromatic carbocycles. The number of nitrogens with one attached hydrogen (secondary N) is 1. The van der Waals surface area contributed by atoms with Crippen LogP contribution < -0.4 is 5.32 Å². The first-order chi connectivity index (χ1) is 8.34. The van der Waals surface area contributed by atoms with Gasteiger partial charge in [0, 0.05) is 25.3 Å². The van der Waals surface area contributed by atoms with Crippen molar-refractivity contribution >= 4 is 0 Å². The molecule has 1 atom stereocenters. The summed E-state index contributed by atoms with van der Waals surface area (Å²) in [6.07, 6.45) is 2.98. The van der Waals surface area contributed by atoms with E-state index in [0.29, 0.717) is 6.04 Å². The van der Waals surface area contributed by atoms with E-state index in [9.17, 15) is 0 Å². The molecule has 1 aliphatic heterocycles. The second-order valence-corrected chi connectivity index (χ2v) is 4.57. The summed E-state index contributed by atoms with van der Waals surface area (Å²) in [4.78, 5) is 6.64. The Morgan fingerprint density at radius 2 is 2.47 bits per heavy atom. The molecule has 1 aromatic heterocycles. The van der Waals surface area contributed by atoms with E-state index in [0.717, 1.165) is 45.0 Å². The Morgan fingerprint density at radius 3 is 3.18 bits per heavy atom. The minimum Gasteiger partial charge on any atom is -0.379 e. The van der Waals surface area contributed by atoms with Crippen molar-refractivity contribution in [2.45, 2.75) is 19.0 Å². The Kier molecular flexibility index (Phi) is 4.91. The van der Waals surface area contributed by atoms with Crippen LogP contribution in [0.5, 0.6) is 0 Å². The van der Waals surface area contributed by atoms with Crippen molar-refractivity contribution in [2.24, 2.45) is 0 Å². The van der Waals surface area contributed by atoms with Crippen molar-refractivity contribution in [1.29, 1.82) is 0 Å². The van der Waals surface area contributed by atoms with Gasteiger partial charge in [0.2, 0.25) is 0 Å². The maximum atomic E-state index is 5.44. The number of rotatable bonds is 5. The molecule has 1 fully saturated rings. The van der Waals surface area contributed by atoms with Gasteiger partial charge in [-0.25, -0.2) is 0 Å². The van der Waals surface area contributed by atoms with Gasteiger partial charge >= 0.3 is 0 Å². The summed E-state index contributed by atoms with van der Waals surface area (Å²) in [7, 11) is 2.14. The van der Waals surface area contributed by atoms with Crippen molar-refractivity contribution < 1.29 is 4.74 Å². The molecule has 0 bridgehead atoms. The number of hydrogen-bond acceptors (Lipinski definition) is 4. The van der Waals surface area contributed by atoms with Crippen LogP contribution in [0.25, 0.3) is 0 Å². The van der Waals surface area contributed by atoms with Crippen LogP contribution in [0.15, 0.2) is 24.4 Å². The third-order valence-corrected chi connectivity index (χ3v) is 3.02. The summed E-state index contributed by atoms with van der Waals surface area (Å²) in [6.45, 7) is 4.65. The van der Waals surface area contributed by atoms with Crippen molar-refractivity contribution in [3.63, 3.8) is 0 Å². The van der Waals surface area contributed by atoms with E-state index in [-0.39, 0.29) is 0 Å². The normalized spacial score (nSPS) is 20.7. The molecule has 2 rings (SSSR count). The average Bonchev–Trinajstić information content (AvgIpc) is 2.39. The largest absolute Gasteiger partial charge is 0.379 e. The number of ether oxygens (including phenoxy) is 1. The molecule has 0 saturated carbocycles. The molecule has 94 valence electrons. The Balaban J connectivity index is 1.68. The van der Waals surface area contributed by atoms with E-state index in [1.165, 1.54) is 0 Å². The van der Waals surface area contributed by atoms with Crippen LogP contribution in [0.3, 0.4) is 0 Å². The molecule has 1 N–H and O–H groups in total. The van der Waals surface area contributed by atoms with Crippen LogP contribution >= 0.6 is 0 Å². The molecule has 0 radical (unpaired) electrons. The first-order valence-corrected chi connectivity index (χ1v) is 6.24. The highest BCUT2D eigenvalue weighted by Crippen LogP contribution is 2.03. The van der Waals surface area contributed by atoms with Gasteiger partial charge in [0.05, 0.1) is 18.9 Å². The minimum absolute atomic E-state index is 0.509. The molecular weight excluding hydrogens is 214 g/mol. The van der Waals surface area contributed by atoms with Crippen molar-refractivity contribution in [1.82, 2.24) is 15.2 Å². The quantitative estimate of drug-likeness (QED) is 0.822. The van der Waals surface area contributed by atoms with E-state index in [4.69, 9.17) is 4.74 Å². The summed E-state index contributed by atoms with van der Waals surface area (Å²) >= 11 is 0. The number of hydrogen-bond donors (Lipinski definition) is 1. The highest BCUT2D eigenvalue weighted by atomic mass is 16.5. The fourth-order valence-corrected chi connectivity index (χ4v) is 2.03. The second kappa shape index (κ2) is 6.69. The summed E-state index contributed by atoms with van der Waals surface area (Å²) in [5.74, 6) is 0. The van der Waals surface area contributed by atoms with Gasteiger partial charge in [-0.2, -0.15) is 0 Å². The lowest BCUT2D eigenvalue weighted by atomic mass is 10.2. The predicted molar refractivity (Wildman–Crippen MR) is 67.8 cm³/mol. The van der Waals surface area contributed by atoms with Crippen LogP contribution in [-0.2, 0) is 11.3 Å². The van der Waals surface area contributed by atoms with Gasteiger partial charge in [0.15, 0.2) is 0 Å². The monoisotopic (exact) mass is 235 g/mol. The third kappa shape index (κ3) is 4.42. The first-order valence-electron chi connectivity index (χ1n) is 6.24. The van der Waals surface area contributed by atoms with E-state index in [1.54, 1.807) is 0 Å². The standard InChI is InChI=1S/C13H21N3O/c1-16(10-12-4-2-3-6-14-12)8-5-13-11-17-9-7-15-13/h2-4,6,13,15H,5,7-11H2,1H3. The predicted octanol–water partition coefficient (Wildman–Crippen LogP) is 0.892. The second-order valence-electron chi connectivity index (χ2n) is 4.57. The topological polar surface area (TPSA) is 37.4 Å². The van der Waals surface area contributed by atoms with E-state index in [2.05, 4.69) is 28.3 Å². The zero-order chi connectivity index (χ0) is 11.9. The molecule has 0 spiro atoms. The number of morpholine rings is 1. The van der Waals surface area contributed by atoms with Crippen LogP contribution in [0, 0.1) is 0 Å². The van der Waals surface area contributed by atoms with E-state index < -0.39 is 0 Å². The lowest BCUT2D eigenvalue weighted by Crippen LogP contribution is -2.42. The molecule has 4 nitrogen and oxygen atoms in total. The number of pyridine rings is 1. The number of aromatic nitrogens is 1. The maximum absolute atomic E-state index is 5.44. The third-order valence-electron chi connectivity index (χ3n) is 3.02. The lowest BCUT2D eigenvalue weighted by Gasteiger charge is -2.26. The summed E-state index contributed by atoms with van der Waals surface area (Å²) in [5.41, 5.74) is 1.13. The van der Waals surface area contributed by atoms with Crippen LogP contribution in [0.4, 0.5) is 0 Å². The van der Waals surface area contributed by atoms with Crippen LogP contribution in [0.1, 0.15) is 12.1 Å². The van der Waals surface area contributed by atoms with Crippen molar-refractivity contribution in [3.8, 4) is 0 Å². The van der Waals surface area contributed by atoms with Gasteiger partial charge in [-0.1, -0.05) is 6.07 Å². The number of nitrogens with zero attached hydrogens (tertiary/aromatic N) is 2. The summed E-state index contributed by atoms with van der Waals surface area (Å²) in [5, 5.41) is 3.47. The molecule has 1 aromatic rings. The van der Waals surface area contributed by atoms with E-state index in [1.807, 2.05) is 18.3 Å². The average molecular weight is 235 g/mol. The van der Waals surface area contributed by atoms with Gasteiger partial charge in [-0.3, -0.25) is 4.98 Å². The molecule has 17 heavy (non-hydrogen) atoms. The van der Waals surface area contributed by atoms with Gasteiger partial charge in [0.25, 0.3) is 0 Å². The fraction of sp³-hybridized carbons (Fsp3) is 0.615. The van der Waals surface area contributed by atoms with Gasteiger partial charge in [0.1, 0.15) is 0 Å². The van der Waals surface area contributed by atoms with Crippen LogP contribution in [0.2, 0.25) is 0 Å². The Labute approximate surface area is 103 Å². The fourth-order valence-electron chi connectivity index (χ4n) is 2.03. The zero-order valence-corrected chi connectivity index (χ0v) is 10.4. The highest BCUT2D eigenvalue weighted by Gasteiger charge is 2.13. The molecular formula is C13H21N3O. The Hall–Kier alpha value is -0.970. The molecule has 1 saturated heterocycles. The molecule has 2 heterocycles. The molecule has 4 heteroatoms. The maximum Gasteiger partial charge on any atom is 0.0620 e. The highest BCUT2D eigenvalue weighted by molar-refractivity contribution is 5.02. The zero-order valence-electron chi connectivity index (χ0n) is 10.4. The van der Waals surface area contributed by atoms with E-state index >= 15 is 0 Å². The van der Waals surface area contributed by atoms with Gasteiger partial charge in [-0.15, -0.1) is 0 Å². The smallest absolute Gasteiger partial charge is 0.0620 e. The SMILES string of the molecule is CN(CCC1COCCN1)Cc1ccccn1. The Bertz CT molecular complexity index is 312. The lowest BCUT2D eigenvalue weighted by molar-refractivity contribution is 0.0707.